The second kappa shape index (κ2) is 9.98. The minimum absolute atomic E-state index is 0.145. The van der Waals surface area contributed by atoms with Gasteiger partial charge < -0.3 is 24.5 Å². The van der Waals surface area contributed by atoms with Crippen LogP contribution < -0.4 is 10.1 Å². The number of aliphatic hydroxyl groups excluding tert-OH is 1. The summed E-state index contributed by atoms with van der Waals surface area (Å²) < 4.78 is 49.6. The van der Waals surface area contributed by atoms with Crippen LogP contribution in [-0.4, -0.2) is 44.5 Å². The smallest absolute Gasteiger partial charge is 0.411 e. The second-order valence-electron chi connectivity index (χ2n) is 8.34. The molecular weight excluding hydrogens is 451 g/mol. The van der Waals surface area contributed by atoms with Gasteiger partial charge in [0, 0.05) is 18.0 Å². The number of hydrogen-bond acceptors (Lipinski definition) is 7. The van der Waals surface area contributed by atoms with E-state index in [1.807, 2.05) is 23.8 Å². The molecule has 1 atom stereocenters. The Morgan fingerprint density at radius 2 is 2.03 bits per heavy atom. The number of nitrogens with one attached hydrogen (secondary N) is 1. The molecule has 8 nitrogen and oxygen atoms in total. The van der Waals surface area contributed by atoms with E-state index in [2.05, 4.69) is 20.3 Å². The monoisotopic (exact) mass is 477 g/mol. The molecule has 0 saturated heterocycles. The number of rotatable bonds is 10. The van der Waals surface area contributed by atoms with E-state index in [0.717, 1.165) is 24.2 Å². The van der Waals surface area contributed by atoms with Gasteiger partial charge in [0.2, 0.25) is 5.95 Å². The van der Waals surface area contributed by atoms with E-state index in [9.17, 15) is 18.3 Å². The van der Waals surface area contributed by atoms with E-state index < -0.39 is 18.9 Å². The highest BCUT2D eigenvalue weighted by Crippen LogP contribution is 2.37. The molecule has 4 rings (SSSR count). The number of methoxy groups -OCH3 is 1. The van der Waals surface area contributed by atoms with E-state index in [1.165, 1.54) is 6.07 Å². The molecule has 1 unspecified atom stereocenters. The summed E-state index contributed by atoms with van der Waals surface area (Å²) in [6.45, 7) is 0.144. The average molecular weight is 477 g/mol. The van der Waals surface area contributed by atoms with Gasteiger partial charge in [0.05, 0.1) is 48.9 Å². The third-order valence-electron chi connectivity index (χ3n) is 5.34. The number of aryl methyl sites for hydroxylation is 1. The quantitative estimate of drug-likeness (QED) is 0.440. The number of aliphatic hydroxyl groups is 1. The van der Waals surface area contributed by atoms with Gasteiger partial charge in [-0.1, -0.05) is 12.8 Å². The first kappa shape index (κ1) is 24.0. The largest absolute Gasteiger partial charge is 0.494 e. The molecule has 0 radical (unpaired) electrons. The van der Waals surface area contributed by atoms with Gasteiger partial charge in [-0.15, -0.1) is 0 Å². The Kier molecular flexibility index (Phi) is 7.03. The zero-order chi connectivity index (χ0) is 24.3. The van der Waals surface area contributed by atoms with Crippen LogP contribution in [-0.2, 0) is 11.3 Å². The van der Waals surface area contributed by atoms with Crippen molar-refractivity contribution in [2.75, 3.05) is 19.0 Å². The molecule has 1 aromatic carbocycles. The van der Waals surface area contributed by atoms with Crippen LogP contribution in [0.15, 0.2) is 36.8 Å². The highest BCUT2D eigenvalue weighted by Gasteiger charge is 2.28. The number of imidazole rings is 1. The van der Waals surface area contributed by atoms with Gasteiger partial charge in [0.15, 0.2) is 0 Å². The second-order valence-corrected chi connectivity index (χ2v) is 8.34. The third-order valence-corrected chi connectivity index (χ3v) is 5.34. The maximum atomic E-state index is 12.5. The Bertz CT molecular complexity index is 1130. The van der Waals surface area contributed by atoms with Crippen molar-refractivity contribution < 1.29 is 27.8 Å². The van der Waals surface area contributed by atoms with Crippen LogP contribution in [0.4, 0.5) is 24.8 Å². The molecule has 0 aliphatic heterocycles. The van der Waals surface area contributed by atoms with Crippen LogP contribution in [0.25, 0.3) is 5.69 Å². The molecule has 2 heterocycles. The Labute approximate surface area is 194 Å². The van der Waals surface area contributed by atoms with Crippen molar-refractivity contribution in [3.05, 3.63) is 53.9 Å². The van der Waals surface area contributed by atoms with Gasteiger partial charge in [-0.3, -0.25) is 0 Å². The van der Waals surface area contributed by atoms with E-state index in [4.69, 9.17) is 9.47 Å². The zero-order valence-corrected chi connectivity index (χ0v) is 18.8. The maximum absolute atomic E-state index is 12.5. The van der Waals surface area contributed by atoms with Gasteiger partial charge >= 0.3 is 6.18 Å². The number of ether oxygens (including phenoxy) is 2. The number of alkyl halides is 3. The van der Waals surface area contributed by atoms with Crippen molar-refractivity contribution in [1.82, 2.24) is 19.5 Å². The van der Waals surface area contributed by atoms with E-state index in [0.29, 0.717) is 29.5 Å². The Morgan fingerprint density at radius 1 is 1.24 bits per heavy atom. The van der Waals surface area contributed by atoms with Crippen LogP contribution >= 0.6 is 0 Å². The summed E-state index contributed by atoms with van der Waals surface area (Å²) >= 11 is 0. The van der Waals surface area contributed by atoms with Crippen LogP contribution in [0.2, 0.25) is 0 Å². The number of hydrogen-bond donors (Lipinski definition) is 2. The van der Waals surface area contributed by atoms with Gasteiger partial charge in [-0.05, 0) is 37.5 Å². The van der Waals surface area contributed by atoms with Crippen molar-refractivity contribution in [1.29, 1.82) is 0 Å². The topological polar surface area (TPSA) is 94.3 Å². The number of benzene rings is 1. The molecule has 0 bridgehead atoms. The summed E-state index contributed by atoms with van der Waals surface area (Å²) in [5, 5.41) is 13.6. The first-order valence-electron chi connectivity index (χ1n) is 10.9. The minimum Gasteiger partial charge on any atom is -0.494 e. The van der Waals surface area contributed by atoms with Crippen molar-refractivity contribution in [3.63, 3.8) is 0 Å². The van der Waals surface area contributed by atoms with Crippen LogP contribution in [0.1, 0.15) is 42.4 Å². The molecule has 2 aromatic heterocycles. The molecule has 3 aromatic rings. The molecule has 1 fully saturated rings. The standard InChI is InChI=1S/C23H26F3N5O3/c1-14-10-31(13-27-14)19-6-5-16(9-21(19)33-2)28-22-29-17(11-34-12-23(24,25)26)8-18(30-22)20(32)7-15-3-4-15/h5-6,8-10,13,15,20,32H,3-4,7,11-12H2,1-2H3,(H,28,29,30). The number of aromatic nitrogens is 4. The van der Waals surface area contributed by atoms with Gasteiger partial charge in [-0.25, -0.2) is 15.0 Å². The maximum Gasteiger partial charge on any atom is 0.411 e. The highest BCUT2D eigenvalue weighted by atomic mass is 19.4. The van der Waals surface area contributed by atoms with E-state index >= 15 is 0 Å². The SMILES string of the molecule is COc1cc(Nc2nc(COCC(F)(F)F)cc(C(O)CC3CC3)n2)ccc1-n1cnc(C)c1. The Hall–Kier alpha value is -3.18. The molecule has 1 aliphatic carbocycles. The summed E-state index contributed by atoms with van der Waals surface area (Å²) in [6.07, 6.45) is 0.932. The molecule has 182 valence electrons. The van der Waals surface area contributed by atoms with Crippen molar-refractivity contribution in [2.24, 2.45) is 5.92 Å². The van der Waals surface area contributed by atoms with Crippen molar-refractivity contribution in [3.8, 4) is 11.4 Å². The third kappa shape index (κ3) is 6.45. The molecule has 0 spiro atoms. The molecule has 1 saturated carbocycles. The summed E-state index contributed by atoms with van der Waals surface area (Å²) in [4.78, 5) is 12.9. The van der Waals surface area contributed by atoms with Crippen LogP contribution in [0.3, 0.4) is 0 Å². The molecule has 2 N–H and O–H groups in total. The molecule has 1 aliphatic rings. The van der Waals surface area contributed by atoms with Gasteiger partial charge in [-0.2, -0.15) is 13.2 Å². The summed E-state index contributed by atoms with van der Waals surface area (Å²) in [7, 11) is 1.55. The van der Waals surface area contributed by atoms with Crippen molar-refractivity contribution >= 4 is 11.6 Å². The number of anilines is 2. The lowest BCUT2D eigenvalue weighted by Crippen LogP contribution is -2.17. The van der Waals surface area contributed by atoms with E-state index in [-0.39, 0.29) is 18.2 Å². The van der Waals surface area contributed by atoms with Crippen LogP contribution in [0.5, 0.6) is 5.75 Å². The highest BCUT2D eigenvalue weighted by molar-refractivity contribution is 5.62. The van der Waals surface area contributed by atoms with Gasteiger partial charge in [0.1, 0.15) is 12.4 Å². The van der Waals surface area contributed by atoms with Crippen LogP contribution in [0, 0.1) is 12.8 Å². The Balaban J connectivity index is 1.57. The van der Waals surface area contributed by atoms with Gasteiger partial charge in [0.25, 0.3) is 0 Å². The fraction of sp³-hybridized carbons (Fsp3) is 0.435. The number of nitrogens with zero attached hydrogens (tertiary/aromatic N) is 4. The average Bonchev–Trinajstić information content (AvgIpc) is 3.49. The Morgan fingerprint density at radius 3 is 2.68 bits per heavy atom. The molecular formula is C23H26F3N5O3. The minimum atomic E-state index is -4.44. The number of halogens is 3. The molecule has 0 amide bonds. The predicted octanol–water partition coefficient (Wildman–Crippen LogP) is 4.64. The zero-order valence-electron chi connectivity index (χ0n) is 18.8. The fourth-order valence-electron chi connectivity index (χ4n) is 3.53. The normalized spacial score (nSPS) is 14.8. The molecule has 11 heteroatoms. The summed E-state index contributed by atoms with van der Waals surface area (Å²) in [6, 6.07) is 6.87. The fourth-order valence-corrected chi connectivity index (χ4v) is 3.53. The first-order valence-corrected chi connectivity index (χ1v) is 10.9. The predicted molar refractivity (Wildman–Crippen MR) is 118 cm³/mol. The lowest BCUT2D eigenvalue weighted by molar-refractivity contribution is -0.176. The first-order chi connectivity index (χ1) is 16.2. The molecule has 34 heavy (non-hydrogen) atoms. The summed E-state index contributed by atoms with van der Waals surface area (Å²) in [5.41, 5.74) is 2.83. The summed E-state index contributed by atoms with van der Waals surface area (Å²) in [5.74, 6) is 1.15. The lowest BCUT2D eigenvalue weighted by atomic mass is 10.1. The lowest BCUT2D eigenvalue weighted by Gasteiger charge is -2.15. The van der Waals surface area contributed by atoms with Crippen molar-refractivity contribution in [2.45, 2.75) is 45.1 Å². The van der Waals surface area contributed by atoms with E-state index in [1.54, 1.807) is 25.6 Å².